The zero-order valence-corrected chi connectivity index (χ0v) is 15.5. The third-order valence-electron chi connectivity index (χ3n) is 5.30. The lowest BCUT2D eigenvalue weighted by Gasteiger charge is -2.50. The van der Waals surface area contributed by atoms with Gasteiger partial charge in [-0.25, -0.2) is 4.79 Å². The quantitative estimate of drug-likeness (QED) is 0.559. The van der Waals surface area contributed by atoms with Crippen LogP contribution in [0, 0.1) is 0 Å². The van der Waals surface area contributed by atoms with Gasteiger partial charge in [-0.3, -0.25) is 19.6 Å². The molecule has 1 unspecified atom stereocenters. The third kappa shape index (κ3) is 3.32. The Hall–Kier alpha value is -2.03. The maximum atomic E-state index is 12.9. The van der Waals surface area contributed by atoms with E-state index < -0.39 is 11.6 Å². The number of piperazine rings is 2. The van der Waals surface area contributed by atoms with E-state index in [1.54, 1.807) is 12.4 Å². The fraction of sp³-hybridized carbons (Fsp3) is 0.611. The number of anilines is 1. The number of aromatic nitrogens is 1. The number of ether oxygens (including phenoxy) is 1. The third-order valence-corrected chi connectivity index (χ3v) is 5.30. The summed E-state index contributed by atoms with van der Waals surface area (Å²) in [6.45, 7) is 6.98. The molecule has 8 nitrogen and oxygen atoms in total. The average Bonchev–Trinajstić information content (AvgIpc) is 2.70. The lowest BCUT2D eigenvalue weighted by atomic mass is 9.98. The van der Waals surface area contributed by atoms with Crippen LogP contribution in [0.2, 0.25) is 0 Å². The normalized spacial score (nSPS) is 21.8. The van der Waals surface area contributed by atoms with Crippen molar-refractivity contribution in [3.63, 3.8) is 0 Å². The second-order valence-electron chi connectivity index (χ2n) is 6.64. The lowest BCUT2D eigenvalue weighted by Crippen LogP contribution is -2.74. The van der Waals surface area contributed by atoms with Crippen LogP contribution in [-0.4, -0.2) is 91.7 Å². The first-order chi connectivity index (χ1) is 12.6. The van der Waals surface area contributed by atoms with E-state index >= 15 is 0 Å². The molecule has 1 aromatic rings. The summed E-state index contributed by atoms with van der Waals surface area (Å²) in [5.41, 5.74) is -0.227. The summed E-state index contributed by atoms with van der Waals surface area (Å²) >= 11 is 0. The van der Waals surface area contributed by atoms with Gasteiger partial charge >= 0.3 is 5.97 Å². The minimum absolute atomic E-state index is 0.177. The molecule has 2 aliphatic rings. The van der Waals surface area contributed by atoms with Crippen molar-refractivity contribution in [2.75, 3.05) is 64.4 Å². The molecule has 0 amide bonds. The summed E-state index contributed by atoms with van der Waals surface area (Å²) in [7, 11) is 1.36. The summed E-state index contributed by atoms with van der Waals surface area (Å²) in [6, 6.07) is 3.95. The van der Waals surface area contributed by atoms with Crippen molar-refractivity contribution in [1.82, 2.24) is 20.1 Å². The van der Waals surface area contributed by atoms with Crippen molar-refractivity contribution in [2.24, 2.45) is 0 Å². The second kappa shape index (κ2) is 8.11. The van der Waals surface area contributed by atoms with Gasteiger partial charge in [0.25, 0.3) is 0 Å². The Morgan fingerprint density at radius 1 is 1.04 bits per heavy atom. The van der Waals surface area contributed by atoms with Gasteiger partial charge in [0.2, 0.25) is 5.66 Å². The zero-order valence-electron chi connectivity index (χ0n) is 15.5. The molecule has 0 saturated carbocycles. The smallest absolute Gasteiger partial charge is 0.349 e. The Morgan fingerprint density at radius 3 is 2.15 bits per heavy atom. The van der Waals surface area contributed by atoms with Crippen molar-refractivity contribution >= 4 is 17.4 Å². The molecule has 8 heteroatoms. The number of rotatable bonds is 5. The van der Waals surface area contributed by atoms with Crippen LogP contribution in [0.15, 0.2) is 24.5 Å². The van der Waals surface area contributed by atoms with Crippen molar-refractivity contribution in [1.29, 1.82) is 0 Å². The molecule has 1 N–H and O–H groups in total. The second-order valence-corrected chi connectivity index (χ2v) is 6.64. The standard InChI is InChI=1S/C18H27N5O3/c1-15(24)18(17(25)26-2,22-9-7-20-8-10-22)23-13-11-21(12-14-23)16-3-5-19-6-4-16/h3-6,20H,7-14H2,1-2H3. The largest absolute Gasteiger partial charge is 0.466 e. The Morgan fingerprint density at radius 2 is 1.62 bits per heavy atom. The van der Waals surface area contributed by atoms with Crippen LogP contribution < -0.4 is 10.2 Å². The Bertz CT molecular complexity index is 627. The van der Waals surface area contributed by atoms with Gasteiger partial charge in [-0.15, -0.1) is 0 Å². The fourth-order valence-corrected chi connectivity index (χ4v) is 4.02. The van der Waals surface area contributed by atoms with Crippen LogP contribution >= 0.6 is 0 Å². The Kier molecular flexibility index (Phi) is 5.85. The van der Waals surface area contributed by atoms with E-state index in [-0.39, 0.29) is 5.78 Å². The highest BCUT2D eigenvalue weighted by Gasteiger charge is 2.55. The number of carbonyl (C=O) groups excluding carboxylic acids is 2. The highest BCUT2D eigenvalue weighted by atomic mass is 16.5. The molecule has 0 spiro atoms. The molecule has 3 heterocycles. The van der Waals surface area contributed by atoms with E-state index in [1.807, 2.05) is 21.9 Å². The fourth-order valence-electron chi connectivity index (χ4n) is 4.02. The van der Waals surface area contributed by atoms with E-state index in [9.17, 15) is 9.59 Å². The number of nitrogens with one attached hydrogen (secondary N) is 1. The molecule has 2 fully saturated rings. The van der Waals surface area contributed by atoms with E-state index in [0.717, 1.165) is 31.9 Å². The van der Waals surface area contributed by atoms with Crippen molar-refractivity contribution < 1.29 is 14.3 Å². The molecular formula is C18H27N5O3. The van der Waals surface area contributed by atoms with Gasteiger partial charge < -0.3 is 15.0 Å². The number of Topliss-reactive ketones (excluding diaryl/α,β-unsaturated/α-hetero) is 1. The molecule has 0 aromatic carbocycles. The van der Waals surface area contributed by atoms with Gasteiger partial charge in [0.1, 0.15) is 0 Å². The van der Waals surface area contributed by atoms with E-state index in [4.69, 9.17) is 4.74 Å². The molecule has 0 radical (unpaired) electrons. The number of nitrogens with zero attached hydrogens (tertiary/aromatic N) is 4. The van der Waals surface area contributed by atoms with Crippen LogP contribution in [0.5, 0.6) is 0 Å². The lowest BCUT2D eigenvalue weighted by molar-refractivity contribution is -0.178. The first kappa shape index (κ1) is 18.8. The summed E-state index contributed by atoms with van der Waals surface area (Å²) in [4.78, 5) is 35.9. The molecule has 2 saturated heterocycles. The summed E-state index contributed by atoms with van der Waals surface area (Å²) in [5, 5.41) is 3.28. The highest BCUT2D eigenvalue weighted by molar-refractivity contribution is 6.07. The molecule has 1 atom stereocenters. The number of pyridine rings is 1. The van der Waals surface area contributed by atoms with Crippen molar-refractivity contribution in [3.8, 4) is 0 Å². The van der Waals surface area contributed by atoms with Gasteiger partial charge in [-0.2, -0.15) is 0 Å². The number of ketones is 1. The number of esters is 1. The molecule has 3 rings (SSSR count). The minimum atomic E-state index is -1.33. The van der Waals surface area contributed by atoms with E-state index in [2.05, 4.69) is 15.2 Å². The Balaban J connectivity index is 1.83. The Labute approximate surface area is 154 Å². The van der Waals surface area contributed by atoms with Crippen molar-refractivity contribution in [2.45, 2.75) is 12.6 Å². The predicted molar refractivity (Wildman–Crippen MR) is 97.9 cm³/mol. The molecule has 0 bridgehead atoms. The highest BCUT2D eigenvalue weighted by Crippen LogP contribution is 2.27. The number of carbonyl (C=O) groups is 2. The SMILES string of the molecule is COC(=O)C(C(C)=O)(N1CCNCC1)N1CCN(c2ccncc2)CC1. The van der Waals surface area contributed by atoms with Gasteiger partial charge in [0.05, 0.1) is 7.11 Å². The molecule has 1 aromatic heterocycles. The first-order valence-corrected chi connectivity index (χ1v) is 9.06. The molecule has 26 heavy (non-hydrogen) atoms. The van der Waals surface area contributed by atoms with E-state index in [0.29, 0.717) is 26.2 Å². The zero-order chi connectivity index (χ0) is 18.6. The first-order valence-electron chi connectivity index (χ1n) is 9.06. The van der Waals surface area contributed by atoms with Crippen LogP contribution in [0.1, 0.15) is 6.92 Å². The van der Waals surface area contributed by atoms with Gasteiger partial charge in [-0.1, -0.05) is 0 Å². The van der Waals surface area contributed by atoms with Gasteiger partial charge in [0, 0.05) is 70.4 Å². The minimum Gasteiger partial charge on any atom is -0.466 e. The topological polar surface area (TPSA) is 78.0 Å². The number of hydrogen-bond acceptors (Lipinski definition) is 8. The summed E-state index contributed by atoms with van der Waals surface area (Å²) in [5.74, 6) is -0.659. The van der Waals surface area contributed by atoms with Gasteiger partial charge in [-0.05, 0) is 19.1 Å². The molecular weight excluding hydrogens is 334 g/mol. The van der Waals surface area contributed by atoms with E-state index in [1.165, 1.54) is 14.0 Å². The number of hydrogen-bond donors (Lipinski definition) is 1. The average molecular weight is 361 g/mol. The van der Waals surface area contributed by atoms with Gasteiger partial charge in [0.15, 0.2) is 5.78 Å². The molecule has 0 aliphatic carbocycles. The summed E-state index contributed by atoms with van der Waals surface area (Å²) < 4.78 is 5.11. The van der Waals surface area contributed by atoms with Crippen LogP contribution in [0.4, 0.5) is 5.69 Å². The molecule has 142 valence electrons. The maximum Gasteiger partial charge on any atom is 0.349 e. The van der Waals surface area contributed by atoms with Crippen molar-refractivity contribution in [3.05, 3.63) is 24.5 Å². The molecule has 2 aliphatic heterocycles. The maximum absolute atomic E-state index is 12.9. The van der Waals surface area contributed by atoms with Crippen LogP contribution in [-0.2, 0) is 14.3 Å². The van der Waals surface area contributed by atoms with Crippen LogP contribution in [0.25, 0.3) is 0 Å². The monoisotopic (exact) mass is 361 g/mol. The number of methoxy groups -OCH3 is 1. The van der Waals surface area contributed by atoms with Crippen LogP contribution in [0.3, 0.4) is 0 Å². The predicted octanol–water partition coefficient (Wildman–Crippen LogP) is -0.433. The summed E-state index contributed by atoms with van der Waals surface area (Å²) in [6.07, 6.45) is 3.55.